The molecular formula is C15H16ClNO2. The molecule has 0 aliphatic carbocycles. The zero-order valence-corrected chi connectivity index (χ0v) is 11.8. The lowest BCUT2D eigenvalue weighted by Crippen LogP contribution is -1.97. The van der Waals surface area contributed by atoms with E-state index in [1.807, 2.05) is 44.2 Å². The molecule has 0 saturated carbocycles. The van der Waals surface area contributed by atoms with Gasteiger partial charge in [0.1, 0.15) is 5.75 Å². The summed E-state index contributed by atoms with van der Waals surface area (Å²) in [5.74, 6) is 2.48. The van der Waals surface area contributed by atoms with Gasteiger partial charge >= 0.3 is 0 Å². The van der Waals surface area contributed by atoms with Gasteiger partial charge in [-0.15, -0.1) is 11.6 Å². The van der Waals surface area contributed by atoms with Crippen LogP contribution in [-0.2, 0) is 5.88 Å². The van der Waals surface area contributed by atoms with E-state index in [2.05, 4.69) is 4.98 Å². The predicted octanol–water partition coefficient (Wildman–Crippen LogP) is 4.32. The van der Waals surface area contributed by atoms with Gasteiger partial charge in [-0.2, -0.15) is 0 Å². The molecule has 0 radical (unpaired) electrons. The van der Waals surface area contributed by atoms with E-state index in [4.69, 9.17) is 21.1 Å². The second kappa shape index (κ2) is 6.43. The maximum Gasteiger partial charge on any atom is 0.169 e. The van der Waals surface area contributed by atoms with Crippen LogP contribution in [0.1, 0.15) is 18.2 Å². The molecule has 1 aromatic carbocycles. The number of rotatable bonds is 5. The minimum Gasteiger partial charge on any atom is -0.490 e. The van der Waals surface area contributed by atoms with Gasteiger partial charge in [-0.05, 0) is 26.0 Å². The summed E-state index contributed by atoms with van der Waals surface area (Å²) in [6, 6.07) is 9.46. The first-order chi connectivity index (χ1) is 9.24. The quantitative estimate of drug-likeness (QED) is 0.763. The number of pyridine rings is 1. The first kappa shape index (κ1) is 13.7. The minimum absolute atomic E-state index is 0.361. The van der Waals surface area contributed by atoms with Gasteiger partial charge < -0.3 is 9.47 Å². The van der Waals surface area contributed by atoms with Crippen molar-refractivity contribution in [1.29, 1.82) is 0 Å². The Hall–Kier alpha value is -1.74. The summed E-state index contributed by atoms with van der Waals surface area (Å²) in [6.45, 7) is 4.45. The second-order valence-electron chi connectivity index (χ2n) is 4.05. The standard InChI is InChI=1S/C15H16ClNO2/c1-3-18-13-6-4-5-7-14(13)19-15-8-11(2)17-10-12(15)9-16/h4-8,10H,3,9H2,1-2H3. The molecule has 19 heavy (non-hydrogen) atoms. The Kier molecular flexibility index (Phi) is 4.63. The first-order valence-corrected chi connectivity index (χ1v) is 6.69. The normalized spacial score (nSPS) is 10.3. The van der Waals surface area contributed by atoms with Crippen LogP contribution in [0.2, 0.25) is 0 Å². The lowest BCUT2D eigenvalue weighted by atomic mass is 10.2. The third-order valence-corrected chi connectivity index (χ3v) is 2.88. The Morgan fingerprint density at radius 1 is 1.16 bits per heavy atom. The van der Waals surface area contributed by atoms with Gasteiger partial charge in [-0.25, -0.2) is 0 Å². The van der Waals surface area contributed by atoms with Crippen LogP contribution >= 0.6 is 11.6 Å². The molecule has 1 aromatic heterocycles. The number of hydrogen-bond donors (Lipinski definition) is 0. The SMILES string of the molecule is CCOc1ccccc1Oc1cc(C)ncc1CCl. The summed E-state index contributed by atoms with van der Waals surface area (Å²) < 4.78 is 11.5. The van der Waals surface area contributed by atoms with Crippen LogP contribution in [0, 0.1) is 6.92 Å². The van der Waals surface area contributed by atoms with Crippen molar-refractivity contribution in [1.82, 2.24) is 4.98 Å². The van der Waals surface area contributed by atoms with E-state index < -0.39 is 0 Å². The maximum atomic E-state index is 5.92. The highest BCUT2D eigenvalue weighted by Gasteiger charge is 2.09. The molecule has 0 aliphatic rings. The van der Waals surface area contributed by atoms with Crippen molar-refractivity contribution in [2.45, 2.75) is 19.7 Å². The molecule has 1 heterocycles. The van der Waals surface area contributed by atoms with Gasteiger partial charge in [0.25, 0.3) is 0 Å². The van der Waals surface area contributed by atoms with Crippen LogP contribution in [0.15, 0.2) is 36.5 Å². The van der Waals surface area contributed by atoms with Gasteiger partial charge in [-0.3, -0.25) is 4.98 Å². The van der Waals surface area contributed by atoms with Crippen molar-refractivity contribution in [2.75, 3.05) is 6.61 Å². The molecule has 0 atom stereocenters. The lowest BCUT2D eigenvalue weighted by molar-refractivity contribution is 0.321. The minimum atomic E-state index is 0.361. The van der Waals surface area contributed by atoms with Gasteiger partial charge in [0, 0.05) is 23.5 Å². The molecule has 0 unspecified atom stereocenters. The molecule has 0 saturated heterocycles. The van der Waals surface area contributed by atoms with Crippen LogP contribution in [-0.4, -0.2) is 11.6 Å². The molecule has 4 heteroatoms. The Bertz CT molecular complexity index is 558. The van der Waals surface area contributed by atoms with E-state index in [9.17, 15) is 0 Å². The molecule has 0 amide bonds. The summed E-state index contributed by atoms with van der Waals surface area (Å²) in [4.78, 5) is 4.22. The van der Waals surface area contributed by atoms with Crippen molar-refractivity contribution in [3.05, 3.63) is 47.8 Å². The monoisotopic (exact) mass is 277 g/mol. The predicted molar refractivity (Wildman–Crippen MR) is 76.2 cm³/mol. The molecule has 0 spiro atoms. The molecule has 2 rings (SSSR count). The Morgan fingerprint density at radius 2 is 1.89 bits per heavy atom. The van der Waals surface area contributed by atoms with Crippen LogP contribution in [0.4, 0.5) is 0 Å². The number of halogens is 1. The van der Waals surface area contributed by atoms with E-state index in [-0.39, 0.29) is 0 Å². The molecule has 3 nitrogen and oxygen atoms in total. The maximum absolute atomic E-state index is 5.92. The fourth-order valence-electron chi connectivity index (χ4n) is 1.69. The number of aryl methyl sites for hydroxylation is 1. The number of nitrogens with zero attached hydrogens (tertiary/aromatic N) is 1. The summed E-state index contributed by atoms with van der Waals surface area (Å²) in [7, 11) is 0. The van der Waals surface area contributed by atoms with Crippen molar-refractivity contribution in [3.8, 4) is 17.2 Å². The number of hydrogen-bond acceptors (Lipinski definition) is 3. The number of aromatic nitrogens is 1. The molecule has 0 N–H and O–H groups in total. The summed E-state index contributed by atoms with van der Waals surface area (Å²) in [5.41, 5.74) is 1.75. The summed E-state index contributed by atoms with van der Waals surface area (Å²) >= 11 is 5.90. The van der Waals surface area contributed by atoms with Crippen LogP contribution in [0.5, 0.6) is 17.2 Å². The van der Waals surface area contributed by atoms with Crippen LogP contribution in [0.25, 0.3) is 0 Å². The van der Waals surface area contributed by atoms with E-state index in [0.717, 1.165) is 22.8 Å². The highest BCUT2D eigenvalue weighted by molar-refractivity contribution is 6.17. The molecule has 0 aliphatic heterocycles. The summed E-state index contributed by atoms with van der Waals surface area (Å²) in [6.07, 6.45) is 1.74. The Balaban J connectivity index is 2.33. The molecular weight excluding hydrogens is 262 g/mol. The van der Waals surface area contributed by atoms with Gasteiger partial charge in [0.15, 0.2) is 11.5 Å². The van der Waals surface area contributed by atoms with Crippen molar-refractivity contribution in [2.24, 2.45) is 0 Å². The smallest absolute Gasteiger partial charge is 0.169 e. The van der Waals surface area contributed by atoms with E-state index in [1.165, 1.54) is 0 Å². The zero-order valence-electron chi connectivity index (χ0n) is 11.0. The topological polar surface area (TPSA) is 31.4 Å². The first-order valence-electron chi connectivity index (χ1n) is 6.15. The van der Waals surface area contributed by atoms with Gasteiger partial charge in [0.05, 0.1) is 12.5 Å². The number of alkyl halides is 1. The van der Waals surface area contributed by atoms with Gasteiger partial charge in [0.2, 0.25) is 0 Å². The number of benzene rings is 1. The van der Waals surface area contributed by atoms with E-state index in [1.54, 1.807) is 6.20 Å². The van der Waals surface area contributed by atoms with Crippen molar-refractivity contribution >= 4 is 11.6 Å². The third-order valence-electron chi connectivity index (χ3n) is 2.59. The number of ether oxygens (including phenoxy) is 2. The molecule has 0 fully saturated rings. The average Bonchev–Trinajstić information content (AvgIpc) is 2.42. The second-order valence-corrected chi connectivity index (χ2v) is 4.32. The highest BCUT2D eigenvalue weighted by atomic mass is 35.5. The highest BCUT2D eigenvalue weighted by Crippen LogP contribution is 2.33. The Morgan fingerprint density at radius 3 is 2.58 bits per heavy atom. The average molecular weight is 278 g/mol. The fraction of sp³-hybridized carbons (Fsp3) is 0.267. The fourth-order valence-corrected chi connectivity index (χ4v) is 1.89. The van der Waals surface area contributed by atoms with Crippen LogP contribution in [0.3, 0.4) is 0 Å². The largest absolute Gasteiger partial charge is 0.490 e. The van der Waals surface area contributed by atoms with E-state index in [0.29, 0.717) is 18.2 Å². The van der Waals surface area contributed by atoms with Crippen LogP contribution < -0.4 is 9.47 Å². The molecule has 2 aromatic rings. The summed E-state index contributed by atoms with van der Waals surface area (Å²) in [5, 5.41) is 0. The number of para-hydroxylation sites is 2. The lowest BCUT2D eigenvalue weighted by Gasteiger charge is -2.13. The van der Waals surface area contributed by atoms with Crippen molar-refractivity contribution < 1.29 is 9.47 Å². The molecule has 100 valence electrons. The van der Waals surface area contributed by atoms with E-state index >= 15 is 0 Å². The Labute approximate surface area is 118 Å². The van der Waals surface area contributed by atoms with Crippen molar-refractivity contribution in [3.63, 3.8) is 0 Å². The third kappa shape index (κ3) is 3.38. The zero-order chi connectivity index (χ0) is 13.7. The van der Waals surface area contributed by atoms with Gasteiger partial charge in [-0.1, -0.05) is 12.1 Å². The molecule has 0 bridgehead atoms.